The number of hydrogen-bond donors (Lipinski definition) is 4. The number of nitrogens with zero attached hydrogens (tertiary/aromatic N) is 2. The average Bonchev–Trinajstić information content (AvgIpc) is 3.19. The number of benzene rings is 2. The first-order chi connectivity index (χ1) is 17.1. The van der Waals surface area contributed by atoms with Gasteiger partial charge in [0.05, 0.1) is 12.1 Å². The van der Waals surface area contributed by atoms with Crippen molar-refractivity contribution in [3.63, 3.8) is 0 Å². The second-order valence-electron chi connectivity index (χ2n) is 9.08. The molecule has 1 heterocycles. The molecule has 3 rings (SSSR count). The number of rotatable bonds is 7. The monoisotopic (exact) mass is 492 g/mol. The van der Waals surface area contributed by atoms with Gasteiger partial charge in [0.25, 0.3) is 0 Å². The molecule has 0 spiro atoms. The summed E-state index contributed by atoms with van der Waals surface area (Å²) in [7, 11) is 1.55. The van der Waals surface area contributed by atoms with Crippen LogP contribution >= 0.6 is 0 Å². The molecule has 2 aromatic carbocycles. The zero-order chi connectivity index (χ0) is 26.3. The highest BCUT2D eigenvalue weighted by Crippen LogP contribution is 2.24. The maximum absolute atomic E-state index is 12.3. The highest BCUT2D eigenvalue weighted by atomic mass is 16.6. The summed E-state index contributed by atoms with van der Waals surface area (Å²) in [5.74, 6) is -0.269. The summed E-state index contributed by atoms with van der Waals surface area (Å²) in [6.45, 7) is 6.01. The molecule has 0 atom stereocenters. The number of hydrogen-bond acceptors (Lipinski definition) is 5. The van der Waals surface area contributed by atoms with Gasteiger partial charge >= 0.3 is 6.09 Å². The molecule has 0 fully saturated rings. The van der Waals surface area contributed by atoms with E-state index in [1.807, 2.05) is 30.3 Å². The van der Waals surface area contributed by atoms with E-state index in [4.69, 9.17) is 20.6 Å². The maximum atomic E-state index is 12.3. The molecule has 36 heavy (non-hydrogen) atoms. The van der Waals surface area contributed by atoms with Crippen molar-refractivity contribution in [2.75, 3.05) is 13.7 Å². The number of primary amides is 1. The third kappa shape index (κ3) is 6.92. The summed E-state index contributed by atoms with van der Waals surface area (Å²) in [6.07, 6.45) is -0.603. The van der Waals surface area contributed by atoms with Gasteiger partial charge in [0.15, 0.2) is 0 Å². The fourth-order valence-corrected chi connectivity index (χ4v) is 3.59. The van der Waals surface area contributed by atoms with Crippen LogP contribution in [0.4, 0.5) is 4.79 Å². The molecule has 0 radical (unpaired) electrons. The zero-order valence-corrected chi connectivity index (χ0v) is 20.9. The predicted molar refractivity (Wildman–Crippen MR) is 139 cm³/mol. The minimum Gasteiger partial charge on any atom is -0.444 e. The van der Waals surface area contributed by atoms with E-state index in [9.17, 15) is 9.59 Å². The molecular weight excluding hydrogens is 460 g/mol. The molecule has 0 bridgehead atoms. The van der Waals surface area contributed by atoms with Crippen molar-refractivity contribution in [3.05, 3.63) is 71.4 Å². The van der Waals surface area contributed by atoms with Crippen molar-refractivity contribution < 1.29 is 19.1 Å². The first-order valence-corrected chi connectivity index (χ1v) is 11.4. The Morgan fingerprint density at radius 1 is 1.06 bits per heavy atom. The van der Waals surface area contributed by atoms with Gasteiger partial charge in [-0.25, -0.2) is 4.79 Å². The van der Waals surface area contributed by atoms with E-state index in [0.717, 1.165) is 5.56 Å². The quantitative estimate of drug-likeness (QED) is 0.295. The molecule has 2 amide bonds. The average molecular weight is 493 g/mol. The SMILES string of the molecule is COC/C(=N\C(=N)n1c(CNC(=O)OC(C)(C)C)cc2c(C(N)=O)cccc21)NCc1ccccc1. The lowest BCUT2D eigenvalue weighted by molar-refractivity contribution is 0.0522. The molecule has 10 heteroatoms. The minimum atomic E-state index is -0.660. The van der Waals surface area contributed by atoms with Crippen LogP contribution in [0.2, 0.25) is 0 Å². The van der Waals surface area contributed by atoms with E-state index in [1.54, 1.807) is 56.7 Å². The molecule has 0 unspecified atom stereocenters. The molecule has 1 aromatic heterocycles. The lowest BCUT2D eigenvalue weighted by Crippen LogP contribution is -2.33. The van der Waals surface area contributed by atoms with E-state index in [1.165, 1.54) is 0 Å². The van der Waals surface area contributed by atoms with E-state index in [2.05, 4.69) is 15.6 Å². The van der Waals surface area contributed by atoms with Crippen molar-refractivity contribution in [1.82, 2.24) is 15.2 Å². The Kier molecular flexibility index (Phi) is 8.44. The van der Waals surface area contributed by atoms with Crippen molar-refractivity contribution in [2.45, 2.75) is 39.5 Å². The molecule has 0 aliphatic heterocycles. The van der Waals surface area contributed by atoms with Gasteiger partial charge in [0.1, 0.15) is 18.0 Å². The molecule has 190 valence electrons. The van der Waals surface area contributed by atoms with E-state index in [-0.39, 0.29) is 19.1 Å². The van der Waals surface area contributed by atoms with Crippen molar-refractivity contribution in [3.8, 4) is 0 Å². The van der Waals surface area contributed by atoms with Gasteiger partial charge in [-0.2, -0.15) is 4.99 Å². The minimum absolute atomic E-state index is 0.0384. The number of aromatic nitrogens is 1. The fraction of sp³-hybridized carbons (Fsp3) is 0.308. The Hall–Kier alpha value is -4.18. The van der Waals surface area contributed by atoms with Crippen LogP contribution in [-0.2, 0) is 22.6 Å². The fourth-order valence-electron chi connectivity index (χ4n) is 3.59. The highest BCUT2D eigenvalue weighted by Gasteiger charge is 2.20. The number of carbonyl (C=O) groups excluding carboxylic acids is 2. The third-order valence-corrected chi connectivity index (χ3v) is 5.07. The summed E-state index contributed by atoms with van der Waals surface area (Å²) in [6, 6.07) is 16.6. The summed E-state index contributed by atoms with van der Waals surface area (Å²) < 4.78 is 12.2. The summed E-state index contributed by atoms with van der Waals surface area (Å²) >= 11 is 0. The number of alkyl carbamates (subject to hydrolysis) is 1. The molecule has 0 saturated heterocycles. The number of carbonyl (C=O) groups is 2. The van der Waals surface area contributed by atoms with Gasteiger partial charge in [0.2, 0.25) is 11.9 Å². The van der Waals surface area contributed by atoms with Crippen molar-refractivity contribution in [2.24, 2.45) is 10.7 Å². The summed E-state index contributed by atoms with van der Waals surface area (Å²) in [5, 5.41) is 15.3. The Labute approximate surface area is 210 Å². The number of amidine groups is 1. The van der Waals surface area contributed by atoms with Crippen LogP contribution in [0, 0.1) is 5.41 Å². The molecule has 0 aliphatic carbocycles. The second kappa shape index (κ2) is 11.5. The Morgan fingerprint density at radius 2 is 1.78 bits per heavy atom. The largest absolute Gasteiger partial charge is 0.444 e. The van der Waals surface area contributed by atoms with Crippen molar-refractivity contribution in [1.29, 1.82) is 5.41 Å². The first-order valence-electron chi connectivity index (χ1n) is 11.4. The molecule has 10 nitrogen and oxygen atoms in total. The predicted octanol–water partition coefficient (Wildman–Crippen LogP) is 3.38. The number of amides is 2. The van der Waals surface area contributed by atoms with E-state index in [0.29, 0.717) is 34.5 Å². The number of nitrogens with one attached hydrogen (secondary N) is 3. The first kappa shape index (κ1) is 26.4. The molecule has 0 aliphatic rings. The van der Waals surface area contributed by atoms with Gasteiger partial charge < -0.3 is 25.8 Å². The van der Waals surface area contributed by atoms with Crippen LogP contribution in [-0.4, -0.2) is 47.7 Å². The lowest BCUT2D eigenvalue weighted by atomic mass is 10.1. The van der Waals surface area contributed by atoms with Crippen LogP contribution < -0.4 is 16.4 Å². The van der Waals surface area contributed by atoms with E-state index >= 15 is 0 Å². The topological polar surface area (TPSA) is 144 Å². The normalized spacial score (nSPS) is 11.8. The smallest absolute Gasteiger partial charge is 0.407 e. The molecule has 5 N–H and O–H groups in total. The molecular formula is C26H32N6O4. The van der Waals surface area contributed by atoms with Gasteiger partial charge in [0, 0.05) is 30.3 Å². The number of fused-ring (bicyclic) bond motifs is 1. The van der Waals surface area contributed by atoms with Crippen LogP contribution in [0.5, 0.6) is 0 Å². The van der Waals surface area contributed by atoms with Gasteiger partial charge in [-0.3, -0.25) is 14.8 Å². The lowest BCUT2D eigenvalue weighted by Gasteiger charge is -2.20. The van der Waals surface area contributed by atoms with E-state index < -0.39 is 17.6 Å². The Balaban J connectivity index is 1.96. The number of methoxy groups -OCH3 is 1. The standard InChI is InChI=1S/C26H32N6O4/c1-26(2,3)36-25(34)30-15-18-13-20-19(23(27)33)11-8-12-21(20)32(18)24(28)31-22(16-35-4)29-14-17-9-6-5-7-10-17/h5-13H,14-16H2,1-4H3,(H2,27,33)(H,30,34)(H2,28,29,31). The maximum Gasteiger partial charge on any atom is 0.407 e. The highest BCUT2D eigenvalue weighted by molar-refractivity contribution is 6.09. The third-order valence-electron chi connectivity index (χ3n) is 5.07. The Bertz CT molecular complexity index is 1270. The zero-order valence-electron chi connectivity index (χ0n) is 20.9. The van der Waals surface area contributed by atoms with Crippen molar-refractivity contribution >= 4 is 34.7 Å². The van der Waals surface area contributed by atoms with Gasteiger partial charge in [-0.15, -0.1) is 0 Å². The number of aliphatic imine (C=N–C) groups is 1. The summed E-state index contributed by atoms with van der Waals surface area (Å²) in [5.41, 5.74) is 7.35. The second-order valence-corrected chi connectivity index (χ2v) is 9.08. The van der Waals surface area contributed by atoms with Crippen LogP contribution in [0.15, 0.2) is 59.6 Å². The van der Waals surface area contributed by atoms with Crippen LogP contribution in [0.3, 0.4) is 0 Å². The van der Waals surface area contributed by atoms with Crippen LogP contribution in [0.25, 0.3) is 10.9 Å². The summed E-state index contributed by atoms with van der Waals surface area (Å²) in [4.78, 5) is 28.8. The van der Waals surface area contributed by atoms with Gasteiger partial charge in [-0.1, -0.05) is 36.4 Å². The molecule has 0 saturated carbocycles. The Morgan fingerprint density at radius 3 is 2.42 bits per heavy atom. The number of nitrogens with two attached hydrogens (primary N) is 1. The molecule has 3 aromatic rings. The number of ether oxygens (including phenoxy) is 2. The van der Waals surface area contributed by atoms with Crippen LogP contribution in [0.1, 0.15) is 42.4 Å². The van der Waals surface area contributed by atoms with Gasteiger partial charge in [-0.05, 0) is 44.5 Å².